The van der Waals surface area contributed by atoms with E-state index in [0.717, 1.165) is 20.6 Å². The van der Waals surface area contributed by atoms with E-state index >= 15 is 0 Å². The van der Waals surface area contributed by atoms with Gasteiger partial charge in [-0.25, -0.2) is 0 Å². The van der Waals surface area contributed by atoms with Crippen molar-refractivity contribution in [2.45, 2.75) is 6.04 Å². The molecule has 98 valence electrons. The quantitative estimate of drug-likeness (QED) is 0.826. The number of carbonyl (C=O) groups is 1. The smallest absolute Gasteiger partial charge is 0.242 e. The van der Waals surface area contributed by atoms with Gasteiger partial charge in [0.1, 0.15) is 5.75 Å². The number of amides is 1. The summed E-state index contributed by atoms with van der Waals surface area (Å²) in [6, 6.07) is 3.51. The maximum atomic E-state index is 12.0. The number of nitrogens with one attached hydrogen (secondary N) is 2. The van der Waals surface area contributed by atoms with Gasteiger partial charge in [0.15, 0.2) is 0 Å². The SMILES string of the molecule is COc1cc(NC(=O)C2CSCN2)c(Br)cc1Br. The second-order valence-corrected chi connectivity index (χ2v) is 6.47. The van der Waals surface area contributed by atoms with Crippen LogP contribution in [0.1, 0.15) is 0 Å². The summed E-state index contributed by atoms with van der Waals surface area (Å²) in [6.07, 6.45) is 0. The molecule has 0 spiro atoms. The first kappa shape index (κ1) is 14.2. The standard InChI is InChI=1S/C11H12Br2N2O2S/c1-17-10-3-8(6(12)2-7(10)13)15-11(16)9-4-18-5-14-9/h2-3,9,14H,4-5H2,1H3,(H,15,16). The highest BCUT2D eigenvalue weighted by Gasteiger charge is 2.23. The molecule has 1 atom stereocenters. The number of methoxy groups -OCH3 is 1. The van der Waals surface area contributed by atoms with Crippen molar-refractivity contribution in [3.8, 4) is 5.75 Å². The van der Waals surface area contributed by atoms with E-state index < -0.39 is 0 Å². The molecule has 7 heteroatoms. The number of anilines is 1. The monoisotopic (exact) mass is 394 g/mol. The van der Waals surface area contributed by atoms with E-state index in [9.17, 15) is 4.79 Å². The predicted octanol–water partition coefficient (Wildman–Crippen LogP) is 2.82. The van der Waals surface area contributed by atoms with Crippen LogP contribution >= 0.6 is 43.6 Å². The highest BCUT2D eigenvalue weighted by Crippen LogP contribution is 2.34. The number of carbonyl (C=O) groups excluding carboxylic acids is 1. The molecule has 1 unspecified atom stereocenters. The van der Waals surface area contributed by atoms with E-state index in [-0.39, 0.29) is 11.9 Å². The van der Waals surface area contributed by atoms with E-state index in [4.69, 9.17) is 4.74 Å². The van der Waals surface area contributed by atoms with Crippen LogP contribution in [0.5, 0.6) is 5.75 Å². The van der Waals surface area contributed by atoms with Gasteiger partial charge in [-0.1, -0.05) is 0 Å². The molecule has 1 fully saturated rings. The Kier molecular flexibility index (Phi) is 4.94. The molecule has 1 amide bonds. The Labute approximate surface area is 126 Å². The molecule has 0 saturated carbocycles. The molecule has 4 nitrogen and oxygen atoms in total. The van der Waals surface area contributed by atoms with Crippen LogP contribution in [0.25, 0.3) is 0 Å². The summed E-state index contributed by atoms with van der Waals surface area (Å²) in [6.45, 7) is 0. The van der Waals surface area contributed by atoms with Crippen molar-refractivity contribution in [1.29, 1.82) is 0 Å². The maximum Gasteiger partial charge on any atom is 0.242 e. The highest BCUT2D eigenvalue weighted by molar-refractivity contribution is 9.11. The second-order valence-electron chi connectivity index (χ2n) is 3.73. The molecule has 0 bridgehead atoms. The van der Waals surface area contributed by atoms with Crippen molar-refractivity contribution in [2.24, 2.45) is 0 Å². The van der Waals surface area contributed by atoms with E-state index in [1.165, 1.54) is 0 Å². The lowest BCUT2D eigenvalue weighted by molar-refractivity contribution is -0.117. The molecular weight excluding hydrogens is 384 g/mol. The van der Waals surface area contributed by atoms with Crippen molar-refractivity contribution >= 4 is 55.2 Å². The first-order chi connectivity index (χ1) is 8.61. The molecule has 1 aliphatic heterocycles. The number of halogens is 2. The number of ether oxygens (including phenoxy) is 1. The maximum absolute atomic E-state index is 12.0. The number of thioether (sulfide) groups is 1. The first-order valence-corrected chi connectivity index (χ1v) is 8.01. The third-order valence-electron chi connectivity index (χ3n) is 2.53. The summed E-state index contributed by atoms with van der Waals surface area (Å²) in [4.78, 5) is 12.0. The van der Waals surface area contributed by atoms with Gasteiger partial charge in [-0.2, -0.15) is 0 Å². The molecule has 18 heavy (non-hydrogen) atoms. The molecule has 1 saturated heterocycles. The molecule has 1 aromatic carbocycles. The van der Waals surface area contributed by atoms with Crippen LogP contribution in [-0.2, 0) is 4.79 Å². The number of hydrogen-bond donors (Lipinski definition) is 2. The average Bonchev–Trinajstić information content (AvgIpc) is 2.86. The van der Waals surface area contributed by atoms with Crippen LogP contribution in [0.3, 0.4) is 0 Å². The highest BCUT2D eigenvalue weighted by atomic mass is 79.9. The van der Waals surface area contributed by atoms with Crippen molar-refractivity contribution in [1.82, 2.24) is 5.32 Å². The Morgan fingerprint density at radius 3 is 2.89 bits per heavy atom. The summed E-state index contributed by atoms with van der Waals surface area (Å²) in [5.74, 6) is 2.28. The fourth-order valence-corrected chi connectivity index (χ4v) is 3.76. The average molecular weight is 396 g/mol. The molecule has 1 aromatic rings. The summed E-state index contributed by atoms with van der Waals surface area (Å²) < 4.78 is 6.86. The molecule has 2 rings (SSSR count). The Morgan fingerprint density at radius 2 is 2.28 bits per heavy atom. The Hall–Kier alpha value is -0.240. The lowest BCUT2D eigenvalue weighted by Gasteiger charge is -2.13. The fraction of sp³-hybridized carbons (Fsp3) is 0.364. The van der Waals surface area contributed by atoms with E-state index in [0.29, 0.717) is 11.4 Å². The minimum absolute atomic E-state index is 0.0231. The van der Waals surface area contributed by atoms with Gasteiger partial charge in [0.25, 0.3) is 0 Å². The molecule has 0 aliphatic carbocycles. The van der Waals surface area contributed by atoms with Crippen LogP contribution in [-0.4, -0.2) is 30.7 Å². The van der Waals surface area contributed by atoms with Gasteiger partial charge in [-0.3, -0.25) is 10.1 Å². The molecule has 0 radical (unpaired) electrons. The van der Waals surface area contributed by atoms with Gasteiger partial charge in [0, 0.05) is 22.2 Å². The fourth-order valence-electron chi connectivity index (χ4n) is 1.56. The third-order valence-corrected chi connectivity index (χ3v) is 4.75. The number of benzene rings is 1. The van der Waals surface area contributed by atoms with Crippen molar-refractivity contribution in [2.75, 3.05) is 24.1 Å². The third kappa shape index (κ3) is 3.20. The minimum Gasteiger partial charge on any atom is -0.495 e. The topological polar surface area (TPSA) is 50.4 Å². The summed E-state index contributed by atoms with van der Waals surface area (Å²) in [7, 11) is 1.59. The first-order valence-electron chi connectivity index (χ1n) is 5.27. The van der Waals surface area contributed by atoms with E-state index in [1.54, 1.807) is 24.9 Å². The van der Waals surface area contributed by atoms with Gasteiger partial charge in [0.05, 0.1) is 23.3 Å². The van der Waals surface area contributed by atoms with Gasteiger partial charge < -0.3 is 10.1 Å². The molecular formula is C11H12Br2N2O2S. The molecule has 1 heterocycles. The van der Waals surface area contributed by atoms with Gasteiger partial charge in [-0.05, 0) is 37.9 Å². The van der Waals surface area contributed by atoms with Crippen molar-refractivity contribution in [3.05, 3.63) is 21.1 Å². The zero-order chi connectivity index (χ0) is 13.1. The second kappa shape index (κ2) is 6.27. The number of rotatable bonds is 3. The zero-order valence-electron chi connectivity index (χ0n) is 9.63. The lowest BCUT2D eigenvalue weighted by atomic mass is 10.2. The van der Waals surface area contributed by atoms with Crippen molar-refractivity contribution in [3.63, 3.8) is 0 Å². The van der Waals surface area contributed by atoms with Gasteiger partial charge >= 0.3 is 0 Å². The van der Waals surface area contributed by atoms with Crippen LogP contribution in [0.15, 0.2) is 21.1 Å². The molecule has 1 aliphatic rings. The molecule has 0 aromatic heterocycles. The zero-order valence-corrected chi connectivity index (χ0v) is 13.6. The Balaban J connectivity index is 2.15. The van der Waals surface area contributed by atoms with Crippen LogP contribution < -0.4 is 15.4 Å². The van der Waals surface area contributed by atoms with Crippen LogP contribution in [0, 0.1) is 0 Å². The normalized spacial score (nSPS) is 18.7. The minimum atomic E-state index is -0.128. The van der Waals surface area contributed by atoms with Crippen LogP contribution in [0.2, 0.25) is 0 Å². The summed E-state index contributed by atoms with van der Waals surface area (Å²) >= 11 is 8.53. The van der Waals surface area contributed by atoms with E-state index in [2.05, 4.69) is 42.5 Å². The molecule has 2 N–H and O–H groups in total. The Morgan fingerprint density at radius 1 is 1.50 bits per heavy atom. The van der Waals surface area contributed by atoms with Gasteiger partial charge in [-0.15, -0.1) is 11.8 Å². The van der Waals surface area contributed by atoms with E-state index in [1.807, 2.05) is 6.07 Å². The summed E-state index contributed by atoms with van der Waals surface area (Å²) in [5, 5.41) is 6.02. The van der Waals surface area contributed by atoms with Crippen molar-refractivity contribution < 1.29 is 9.53 Å². The predicted molar refractivity (Wildman–Crippen MR) is 81.3 cm³/mol. The van der Waals surface area contributed by atoms with Crippen LogP contribution in [0.4, 0.5) is 5.69 Å². The number of hydrogen-bond acceptors (Lipinski definition) is 4. The summed E-state index contributed by atoms with van der Waals surface area (Å²) in [5.41, 5.74) is 0.707. The Bertz CT molecular complexity index is 465. The van der Waals surface area contributed by atoms with Gasteiger partial charge in [0.2, 0.25) is 5.91 Å². The lowest BCUT2D eigenvalue weighted by Crippen LogP contribution is -2.37. The largest absolute Gasteiger partial charge is 0.495 e.